The summed E-state index contributed by atoms with van der Waals surface area (Å²) in [5.41, 5.74) is 39.3. The molecule has 0 radical (unpaired) electrons. The number of hydrogen-bond donors (Lipinski definition) is 21. The first kappa shape index (κ1) is 89.6. The number of aliphatic imine (C=N–C) groups is 2. The molecule has 2 saturated heterocycles. The first-order valence-electron chi connectivity index (χ1n) is 35.9. The molecule has 2 aromatic rings. The Morgan fingerprint density at radius 3 is 1.52 bits per heavy atom. The molecule has 600 valence electrons. The second kappa shape index (κ2) is 43.8. The number of guanidine groups is 2. The molecular formula is C68H110N22O18. The smallest absolute Gasteiger partial charge is 0.326 e. The van der Waals surface area contributed by atoms with Crippen molar-refractivity contribution in [1.29, 1.82) is 0 Å². The number of para-hydroxylation sites is 1. The minimum atomic E-state index is -1.83. The number of aromatic nitrogens is 1. The molecule has 0 spiro atoms. The van der Waals surface area contributed by atoms with Crippen molar-refractivity contribution in [2.24, 2.45) is 67.9 Å². The Bertz CT molecular complexity index is 3560. The summed E-state index contributed by atoms with van der Waals surface area (Å²) in [5.74, 6) is -15.7. The van der Waals surface area contributed by atoms with Crippen LogP contribution in [0.15, 0.2) is 40.4 Å². The van der Waals surface area contributed by atoms with Gasteiger partial charge in [-0.25, -0.2) is 4.79 Å². The lowest BCUT2D eigenvalue weighted by Gasteiger charge is -2.33. The molecule has 2 fully saturated rings. The predicted octanol–water partition coefficient (Wildman–Crippen LogP) is -7.05. The zero-order valence-corrected chi connectivity index (χ0v) is 62.1. The number of nitrogens with one attached hydrogen (secondary N) is 11. The number of hydrogen-bond acceptors (Lipinski definition) is 20. The number of nitrogens with two attached hydrogens (primary N) is 7. The highest BCUT2D eigenvalue weighted by Gasteiger charge is 2.45. The molecule has 0 aliphatic carbocycles. The molecule has 1 aromatic heterocycles. The Balaban J connectivity index is 1.57. The van der Waals surface area contributed by atoms with Gasteiger partial charge in [0, 0.05) is 56.1 Å². The third-order valence-corrected chi connectivity index (χ3v) is 17.9. The van der Waals surface area contributed by atoms with E-state index in [-0.39, 0.29) is 114 Å². The summed E-state index contributed by atoms with van der Waals surface area (Å²) in [5, 5.41) is 56.4. The topological polar surface area (TPSA) is 666 Å². The fourth-order valence-electron chi connectivity index (χ4n) is 12.3. The zero-order chi connectivity index (χ0) is 80.8. The van der Waals surface area contributed by atoms with Crippen LogP contribution in [0.3, 0.4) is 0 Å². The summed E-state index contributed by atoms with van der Waals surface area (Å²) >= 11 is 0. The summed E-state index contributed by atoms with van der Waals surface area (Å²) < 4.78 is 0. The Kier molecular flexibility index (Phi) is 36.3. The number of H-pyrrole nitrogens is 1. The molecule has 0 bridgehead atoms. The van der Waals surface area contributed by atoms with Crippen molar-refractivity contribution in [3.63, 3.8) is 0 Å². The van der Waals surface area contributed by atoms with Crippen molar-refractivity contribution in [2.45, 2.75) is 217 Å². The summed E-state index contributed by atoms with van der Waals surface area (Å²) in [6.45, 7) is 9.48. The summed E-state index contributed by atoms with van der Waals surface area (Å²) in [6.07, 6.45) is 0.776. The number of amides is 14. The molecule has 13 atom stereocenters. The fourth-order valence-corrected chi connectivity index (χ4v) is 12.3. The highest BCUT2D eigenvalue weighted by Crippen LogP contribution is 2.27. The number of carboxylic acid groups (broad SMARTS) is 1. The van der Waals surface area contributed by atoms with Crippen LogP contribution in [0, 0.1) is 17.8 Å². The molecule has 0 unspecified atom stereocenters. The van der Waals surface area contributed by atoms with E-state index in [0.717, 1.165) is 0 Å². The van der Waals surface area contributed by atoms with Gasteiger partial charge in [0.05, 0.1) is 25.7 Å². The third-order valence-electron chi connectivity index (χ3n) is 17.9. The minimum Gasteiger partial charge on any atom is -0.480 e. The molecular weight excluding hydrogens is 1410 g/mol. The average molecular weight is 1520 g/mol. The second-order valence-corrected chi connectivity index (χ2v) is 28.0. The number of fused-ring (bicyclic) bond motifs is 1. The number of rotatable bonds is 45. The largest absolute Gasteiger partial charge is 0.480 e. The molecule has 14 amide bonds. The third kappa shape index (κ3) is 28.5. The van der Waals surface area contributed by atoms with E-state index in [9.17, 15) is 87.2 Å². The van der Waals surface area contributed by atoms with Crippen molar-refractivity contribution in [1.82, 2.24) is 68.0 Å². The van der Waals surface area contributed by atoms with Gasteiger partial charge in [-0.1, -0.05) is 59.7 Å². The van der Waals surface area contributed by atoms with Crippen LogP contribution in [0.2, 0.25) is 0 Å². The molecule has 0 saturated carbocycles. The Morgan fingerprint density at radius 2 is 0.991 bits per heavy atom. The van der Waals surface area contributed by atoms with Gasteiger partial charge in [-0.15, -0.1) is 0 Å². The molecule has 3 heterocycles. The molecule has 28 N–H and O–H groups in total. The number of aliphatic carboxylic acids is 1. The van der Waals surface area contributed by atoms with Gasteiger partial charge >= 0.3 is 5.97 Å². The Hall–Kier alpha value is -10.8. The first-order chi connectivity index (χ1) is 50.9. The van der Waals surface area contributed by atoms with Crippen LogP contribution in [0.1, 0.15) is 138 Å². The maximum absolute atomic E-state index is 15.0. The monoisotopic (exact) mass is 1520 g/mol. The van der Waals surface area contributed by atoms with Gasteiger partial charge in [-0.3, -0.25) is 77.1 Å². The van der Waals surface area contributed by atoms with Crippen molar-refractivity contribution >= 4 is 111 Å². The number of benzene rings is 1. The highest BCUT2D eigenvalue weighted by atomic mass is 16.4. The van der Waals surface area contributed by atoms with Crippen LogP contribution < -0.4 is 93.3 Å². The van der Waals surface area contributed by atoms with E-state index in [4.69, 9.17) is 40.1 Å². The SMILES string of the molecule is CC(C)C[C@H](NC(=O)[C@H](CO)NC(=O)[C@@H](N)CC(N)=O)C(=O)N[C@@H](CC(C)C)C(=O)N[C@H](C(=O)N[C@@H](CO)C(=O)N[C@@H](Cc1c[nH]c2ccccc12)C(=O)N[C@@H](CCC(N)=O)C(=O)N1CCC[C@H]1C(=O)N1CCC[C@H]1C(=O)N[C@@H](CCCN=C(N)N)C(=O)N[C@@H](C)C(=O)N[C@@H](CCCN=C(N)N)C(=O)O)C(C)C. The maximum atomic E-state index is 15.0. The number of carboxylic acids is 1. The normalized spacial score (nSPS) is 17.2. The van der Waals surface area contributed by atoms with E-state index in [1.54, 1.807) is 72.0 Å². The van der Waals surface area contributed by atoms with Gasteiger partial charge in [0.1, 0.15) is 72.5 Å². The minimum absolute atomic E-state index is 0.00344. The van der Waals surface area contributed by atoms with Gasteiger partial charge in [0.15, 0.2) is 11.9 Å². The summed E-state index contributed by atoms with van der Waals surface area (Å²) in [4.78, 5) is 219. The number of aliphatic hydroxyl groups is 2. The van der Waals surface area contributed by atoms with Gasteiger partial charge in [-0.05, 0) is 107 Å². The average Bonchev–Trinajstić information content (AvgIpc) is 1.63. The van der Waals surface area contributed by atoms with Gasteiger partial charge < -0.3 is 123 Å². The van der Waals surface area contributed by atoms with Crippen molar-refractivity contribution in [3.8, 4) is 0 Å². The lowest BCUT2D eigenvalue weighted by Crippen LogP contribution is -2.62. The Morgan fingerprint density at radius 1 is 0.519 bits per heavy atom. The molecule has 108 heavy (non-hydrogen) atoms. The molecule has 40 heteroatoms. The number of aromatic amines is 1. The van der Waals surface area contributed by atoms with Crippen LogP contribution in [0.5, 0.6) is 0 Å². The van der Waals surface area contributed by atoms with E-state index in [1.165, 1.54) is 16.7 Å². The molecule has 1 aromatic carbocycles. The quantitative estimate of drug-likeness (QED) is 0.0166. The van der Waals surface area contributed by atoms with E-state index in [0.29, 0.717) is 22.9 Å². The van der Waals surface area contributed by atoms with Crippen LogP contribution in [-0.4, -0.2) is 249 Å². The van der Waals surface area contributed by atoms with Crippen molar-refractivity contribution < 1.29 is 87.2 Å². The van der Waals surface area contributed by atoms with E-state index < -0.39 is 206 Å². The lowest BCUT2D eigenvalue weighted by molar-refractivity contribution is -0.148. The summed E-state index contributed by atoms with van der Waals surface area (Å²) in [6, 6.07) is -11.8. The number of likely N-dealkylation sites (tertiary alicyclic amines) is 2. The number of primary amides is 2. The zero-order valence-electron chi connectivity index (χ0n) is 62.1. The first-order valence-corrected chi connectivity index (χ1v) is 35.9. The number of carbonyl (C=O) groups is 15. The van der Waals surface area contributed by atoms with Crippen molar-refractivity contribution in [2.75, 3.05) is 39.4 Å². The number of aliphatic hydroxyl groups excluding tert-OH is 2. The van der Waals surface area contributed by atoms with Crippen LogP contribution >= 0.6 is 0 Å². The van der Waals surface area contributed by atoms with E-state index >= 15 is 0 Å². The van der Waals surface area contributed by atoms with Gasteiger partial charge in [0.2, 0.25) is 82.7 Å². The lowest BCUT2D eigenvalue weighted by atomic mass is 9.98. The van der Waals surface area contributed by atoms with E-state index in [1.807, 2.05) is 0 Å². The van der Waals surface area contributed by atoms with Gasteiger partial charge in [0.25, 0.3) is 0 Å². The predicted molar refractivity (Wildman–Crippen MR) is 392 cm³/mol. The molecule has 40 nitrogen and oxygen atoms in total. The molecule has 4 rings (SSSR count). The second-order valence-electron chi connectivity index (χ2n) is 28.0. The maximum Gasteiger partial charge on any atom is 0.326 e. The molecule has 2 aliphatic heterocycles. The van der Waals surface area contributed by atoms with Crippen LogP contribution in [-0.2, 0) is 78.3 Å². The number of carbonyl (C=O) groups excluding carboxylic acids is 14. The fraction of sp³-hybridized carbons (Fsp3) is 0.632. The highest BCUT2D eigenvalue weighted by molar-refractivity contribution is 6.01. The van der Waals surface area contributed by atoms with Crippen LogP contribution in [0.25, 0.3) is 10.9 Å². The standard InChI is InChI=1S/C68H110N22O18/c1-33(2)26-44(84-60(101)47(31-91)86-55(96)39(69)29-52(71)94)57(98)83-45(27-34(3)4)59(100)88-53(35(5)6)63(104)87-48(32-92)61(102)85-46(28-37-30-78-40-15-9-8-14-38(37)40)58(99)81-42(20-21-51(70)93)64(105)90-25-13-19-50(90)65(106)89-24-12-18-49(89)62(103)80-41(16-10-22-76-67(72)73)56(97)79-36(7)54(95)82-43(66(107)108)17-11-23-77-68(74)75/h8-9,14-15,30,33-36,39,41-50,53,78,91-92H,10-13,16-29,31-32,69H2,1-7H3,(H2,70,93)(H2,71,94)(H,79,97)(H,80,103)(H,81,99)(H,82,95)(H,83,98)(H,84,101)(H,85,102)(H,86,96)(H,87,104)(H,88,100)(H,107,108)(H4,72,73,76)(H4,74,75,77)/t36-,39-,41-,42-,43-,44-,45-,46-,47-,48-,49-,50-,53-/m0/s1. The van der Waals surface area contributed by atoms with Gasteiger partial charge in [-0.2, -0.15) is 0 Å². The molecule has 2 aliphatic rings. The summed E-state index contributed by atoms with van der Waals surface area (Å²) in [7, 11) is 0. The van der Waals surface area contributed by atoms with Crippen LogP contribution in [0.4, 0.5) is 0 Å². The van der Waals surface area contributed by atoms with E-state index in [2.05, 4.69) is 68.1 Å². The van der Waals surface area contributed by atoms with Crippen molar-refractivity contribution in [3.05, 3.63) is 36.0 Å². The Labute approximate surface area is 624 Å². The number of nitrogens with zero attached hydrogens (tertiary/aromatic N) is 4.